The van der Waals surface area contributed by atoms with Crippen LogP contribution in [-0.2, 0) is 37.6 Å². The number of carbonyl (C=O) groups excluding carboxylic acids is 5. The lowest BCUT2D eigenvalue weighted by molar-refractivity contribution is -0.137. The van der Waals surface area contributed by atoms with Crippen LogP contribution in [0.2, 0.25) is 0 Å². The van der Waals surface area contributed by atoms with Crippen molar-refractivity contribution in [3.05, 3.63) is 89.9 Å². The van der Waals surface area contributed by atoms with Crippen molar-refractivity contribution in [3.63, 3.8) is 0 Å². The number of hydrogen-bond donors (Lipinski definition) is 4. The Balaban J connectivity index is 0.900. The smallest absolute Gasteiger partial charge is 0.324 e. The van der Waals surface area contributed by atoms with Crippen molar-refractivity contribution in [2.75, 3.05) is 48.8 Å². The number of fused-ring (bicyclic) bond motifs is 2. The molecule has 17 heteroatoms. The molecule has 2 atom stereocenters. The van der Waals surface area contributed by atoms with Gasteiger partial charge in [-0.1, -0.05) is 40.2 Å². The van der Waals surface area contributed by atoms with Crippen LogP contribution in [0.1, 0.15) is 75.0 Å². The average Bonchev–Trinajstić information content (AvgIpc) is 3.96. The first-order chi connectivity index (χ1) is 29.8. The lowest BCUT2D eigenvalue weighted by Gasteiger charge is -2.29. The zero-order valence-corrected chi connectivity index (χ0v) is 35.4. The van der Waals surface area contributed by atoms with Crippen molar-refractivity contribution in [1.29, 1.82) is 0 Å². The van der Waals surface area contributed by atoms with Gasteiger partial charge in [0.05, 0.1) is 36.5 Å². The topological polar surface area (TPSA) is 194 Å². The van der Waals surface area contributed by atoms with Gasteiger partial charge < -0.3 is 25.0 Å². The molecule has 0 bridgehead atoms. The van der Waals surface area contributed by atoms with Gasteiger partial charge in [-0.05, 0) is 61.4 Å². The van der Waals surface area contributed by atoms with Crippen molar-refractivity contribution in [2.45, 2.75) is 84.0 Å². The second kappa shape index (κ2) is 17.8. The largest absolute Gasteiger partial charge is 0.481 e. The number of amides is 6. The monoisotopic (exact) mass is 844 g/mol. The number of urea groups is 1. The van der Waals surface area contributed by atoms with Crippen LogP contribution in [0.15, 0.2) is 73.1 Å². The Morgan fingerprint density at radius 2 is 1.76 bits per heavy atom. The van der Waals surface area contributed by atoms with Crippen molar-refractivity contribution in [3.8, 4) is 11.4 Å². The Labute approximate surface area is 359 Å². The summed E-state index contributed by atoms with van der Waals surface area (Å²) in [6.45, 7) is 13.0. The maximum absolute atomic E-state index is 13.7. The van der Waals surface area contributed by atoms with Gasteiger partial charge in [0, 0.05) is 78.3 Å². The third-order valence-corrected chi connectivity index (χ3v) is 11.4. The van der Waals surface area contributed by atoms with E-state index in [2.05, 4.69) is 51.9 Å². The van der Waals surface area contributed by atoms with Gasteiger partial charge in [0.2, 0.25) is 11.8 Å². The first kappa shape index (κ1) is 42.1. The van der Waals surface area contributed by atoms with Crippen LogP contribution in [0.4, 0.5) is 22.0 Å². The zero-order chi connectivity index (χ0) is 43.5. The molecule has 62 heavy (non-hydrogen) atoms. The number of rotatable bonds is 13. The maximum Gasteiger partial charge on any atom is 0.324 e. The highest BCUT2D eigenvalue weighted by Crippen LogP contribution is 2.33. The van der Waals surface area contributed by atoms with E-state index in [4.69, 9.17) is 14.6 Å². The van der Waals surface area contributed by atoms with Crippen LogP contribution in [0.5, 0.6) is 5.75 Å². The first-order valence-electron chi connectivity index (χ1n) is 21.1. The number of imidazole rings is 1. The number of hydrogen-bond acceptors (Lipinski definition) is 10. The van der Waals surface area contributed by atoms with Crippen molar-refractivity contribution < 1.29 is 33.4 Å². The SMILES string of the molecule is CCCC(Oc1ccc2c(c1)ncn2-c1ccc(NC(=O)Nc2cc(C(C)(C)C)nn2CCN2CCOCC2)cc1)C(=O)Nc1cccc2c1CN(C1CCC(=O)NC1=O)C2=O. The van der Waals surface area contributed by atoms with E-state index in [1.807, 2.05) is 52.6 Å². The second-order valence-corrected chi connectivity index (χ2v) is 16.8. The molecular formula is C45H52N10O7. The molecule has 2 fully saturated rings. The van der Waals surface area contributed by atoms with Gasteiger partial charge in [0.1, 0.15) is 23.9 Å². The molecule has 3 aliphatic heterocycles. The van der Waals surface area contributed by atoms with Gasteiger partial charge in [0.25, 0.3) is 11.8 Å². The molecule has 0 spiro atoms. The molecule has 3 aliphatic rings. The van der Waals surface area contributed by atoms with E-state index in [0.717, 1.165) is 49.7 Å². The van der Waals surface area contributed by atoms with Gasteiger partial charge in [-0.15, -0.1) is 0 Å². The van der Waals surface area contributed by atoms with Crippen LogP contribution in [0.3, 0.4) is 0 Å². The molecule has 324 valence electrons. The van der Waals surface area contributed by atoms with E-state index in [9.17, 15) is 24.0 Å². The Morgan fingerprint density at radius 3 is 2.50 bits per heavy atom. The fraction of sp³-hybridized carbons (Fsp3) is 0.400. The summed E-state index contributed by atoms with van der Waals surface area (Å²) >= 11 is 0. The Bertz CT molecular complexity index is 2500. The van der Waals surface area contributed by atoms with Gasteiger partial charge in [-0.2, -0.15) is 5.10 Å². The molecule has 2 aromatic heterocycles. The summed E-state index contributed by atoms with van der Waals surface area (Å²) in [7, 11) is 0. The number of morpholine rings is 1. The second-order valence-electron chi connectivity index (χ2n) is 16.8. The standard InChI is InChI=1S/C45H52N10O7/c1-5-7-37(42(58)48-33-9-6-8-31-32(33)26-53(43(31)59)36-16-17-40(56)50-41(36)57)62-30-14-15-35-34(24-30)46-27-54(35)29-12-10-28(11-13-29)47-44(60)49-39-25-38(45(2,3)4)51-55(39)19-18-52-20-22-61-23-21-52/h6,8-15,24-25,27,36-37H,5,7,16-23,26H2,1-4H3,(H,48,58)(H2,47,49,60)(H,50,56,57). The Morgan fingerprint density at radius 1 is 0.968 bits per heavy atom. The van der Waals surface area contributed by atoms with Gasteiger partial charge in [0.15, 0.2) is 6.10 Å². The van der Waals surface area contributed by atoms with E-state index in [1.54, 1.807) is 36.7 Å². The lowest BCUT2D eigenvalue weighted by Crippen LogP contribution is -2.52. The first-order valence-corrected chi connectivity index (χ1v) is 21.1. The van der Waals surface area contributed by atoms with Gasteiger partial charge in [-0.25, -0.2) is 14.5 Å². The molecule has 17 nitrogen and oxygen atoms in total. The summed E-state index contributed by atoms with van der Waals surface area (Å²) in [6, 6.07) is 18.8. The highest BCUT2D eigenvalue weighted by molar-refractivity contribution is 6.07. The molecule has 5 aromatic rings. The number of benzene rings is 3. The summed E-state index contributed by atoms with van der Waals surface area (Å²) in [4.78, 5) is 73.0. The Hall–Kier alpha value is -6.59. The average molecular weight is 845 g/mol. The van der Waals surface area contributed by atoms with E-state index in [1.165, 1.54) is 4.90 Å². The lowest BCUT2D eigenvalue weighted by atomic mass is 9.92. The van der Waals surface area contributed by atoms with Gasteiger partial charge in [-0.3, -0.25) is 39.3 Å². The van der Waals surface area contributed by atoms with Crippen LogP contribution in [0.25, 0.3) is 16.7 Å². The minimum atomic E-state index is -0.841. The molecule has 4 N–H and O–H groups in total. The molecule has 2 unspecified atom stereocenters. The number of nitrogens with one attached hydrogen (secondary N) is 4. The summed E-state index contributed by atoms with van der Waals surface area (Å²) in [5.41, 5.74) is 5.11. The highest BCUT2D eigenvalue weighted by Gasteiger charge is 2.40. The van der Waals surface area contributed by atoms with Crippen molar-refractivity contribution in [1.82, 2.24) is 34.4 Å². The number of aromatic nitrogens is 4. The normalized spacial score (nSPS) is 17.5. The number of anilines is 3. The van der Waals surface area contributed by atoms with E-state index >= 15 is 0 Å². The molecule has 8 rings (SSSR count). The predicted molar refractivity (Wildman–Crippen MR) is 232 cm³/mol. The van der Waals surface area contributed by atoms with E-state index in [0.29, 0.717) is 59.0 Å². The van der Waals surface area contributed by atoms with E-state index < -0.39 is 18.1 Å². The number of carbonyl (C=O) groups is 5. The zero-order valence-electron chi connectivity index (χ0n) is 35.4. The number of nitrogens with zero attached hydrogens (tertiary/aromatic N) is 6. The van der Waals surface area contributed by atoms with Crippen LogP contribution in [0, 0.1) is 0 Å². The molecule has 5 heterocycles. The summed E-state index contributed by atoms with van der Waals surface area (Å²) in [5, 5.41) is 16.1. The van der Waals surface area contributed by atoms with Crippen LogP contribution in [-0.4, -0.2) is 104 Å². The minimum absolute atomic E-state index is 0.131. The fourth-order valence-electron chi connectivity index (χ4n) is 7.96. The molecular weight excluding hydrogens is 793 g/mol. The Kier molecular flexibility index (Phi) is 12.1. The van der Waals surface area contributed by atoms with E-state index in [-0.39, 0.29) is 48.6 Å². The van der Waals surface area contributed by atoms with Gasteiger partial charge >= 0.3 is 6.03 Å². The minimum Gasteiger partial charge on any atom is -0.481 e. The van der Waals surface area contributed by atoms with Crippen molar-refractivity contribution in [2.24, 2.45) is 0 Å². The molecule has 0 radical (unpaired) electrons. The molecule has 0 saturated carbocycles. The molecule has 3 aromatic carbocycles. The summed E-state index contributed by atoms with van der Waals surface area (Å²) in [5.74, 6) is -0.443. The predicted octanol–water partition coefficient (Wildman–Crippen LogP) is 5.44. The number of ether oxygens (including phenoxy) is 2. The highest BCUT2D eigenvalue weighted by atomic mass is 16.5. The third-order valence-electron chi connectivity index (χ3n) is 11.4. The van der Waals surface area contributed by atoms with Crippen LogP contribution < -0.4 is 26.0 Å². The molecule has 6 amide bonds. The molecule has 0 aliphatic carbocycles. The third kappa shape index (κ3) is 9.18. The molecule has 2 saturated heterocycles. The van der Waals surface area contributed by atoms with Crippen molar-refractivity contribution >= 4 is 57.9 Å². The quantitative estimate of drug-likeness (QED) is 0.111. The fourth-order valence-corrected chi connectivity index (χ4v) is 7.96. The number of piperidine rings is 1. The van der Waals surface area contributed by atoms with Crippen LogP contribution >= 0.6 is 0 Å². The summed E-state index contributed by atoms with van der Waals surface area (Å²) < 4.78 is 15.5. The maximum atomic E-state index is 13.7. The number of imide groups is 1. The summed E-state index contributed by atoms with van der Waals surface area (Å²) in [6.07, 6.45) is 2.37.